The Hall–Kier alpha value is -1.83. The number of aliphatic hydroxyl groups is 1. The number of aliphatic hydroxyl groups excluding tert-OH is 1. The molecule has 2 rings (SSSR count). The van der Waals surface area contributed by atoms with Gasteiger partial charge in [-0.3, -0.25) is 4.68 Å². The van der Waals surface area contributed by atoms with Crippen LogP contribution in [-0.2, 0) is 13.2 Å². The first-order valence-electron chi connectivity index (χ1n) is 5.56. The maximum atomic E-state index is 9.40. The van der Waals surface area contributed by atoms with Gasteiger partial charge in [0.1, 0.15) is 5.15 Å². The maximum Gasteiger partial charge on any atom is 0.133 e. The summed E-state index contributed by atoms with van der Waals surface area (Å²) in [6, 6.07) is 11.6. The summed E-state index contributed by atoms with van der Waals surface area (Å²) in [4.78, 5) is 0. The van der Waals surface area contributed by atoms with Crippen LogP contribution in [-0.4, -0.2) is 14.9 Å². The molecule has 1 N–H and O–H groups in total. The molecular weight excluding hydrogens is 250 g/mol. The first-order chi connectivity index (χ1) is 8.77. The van der Waals surface area contributed by atoms with Gasteiger partial charge >= 0.3 is 0 Å². The SMILES string of the molecule is N#CCCn1nc(-c2ccccc2)c(CO)c1Cl. The van der Waals surface area contributed by atoms with Crippen molar-refractivity contribution in [1.29, 1.82) is 5.26 Å². The zero-order valence-electron chi connectivity index (χ0n) is 9.67. The van der Waals surface area contributed by atoms with Crippen molar-refractivity contribution in [1.82, 2.24) is 9.78 Å². The monoisotopic (exact) mass is 261 g/mol. The van der Waals surface area contributed by atoms with Crippen LogP contribution in [0.2, 0.25) is 5.15 Å². The summed E-state index contributed by atoms with van der Waals surface area (Å²) in [5.41, 5.74) is 2.17. The number of benzene rings is 1. The van der Waals surface area contributed by atoms with Gasteiger partial charge in [0.25, 0.3) is 0 Å². The van der Waals surface area contributed by atoms with Crippen LogP contribution < -0.4 is 0 Å². The van der Waals surface area contributed by atoms with Gasteiger partial charge in [0.05, 0.1) is 31.3 Å². The van der Waals surface area contributed by atoms with E-state index < -0.39 is 0 Å². The molecule has 1 heterocycles. The predicted molar refractivity (Wildman–Crippen MR) is 68.8 cm³/mol. The quantitative estimate of drug-likeness (QED) is 0.920. The number of rotatable bonds is 4. The average Bonchev–Trinajstić information content (AvgIpc) is 2.74. The summed E-state index contributed by atoms with van der Waals surface area (Å²) >= 11 is 6.15. The normalized spacial score (nSPS) is 10.3. The van der Waals surface area contributed by atoms with Crippen LogP contribution >= 0.6 is 11.6 Å². The van der Waals surface area contributed by atoms with Crippen LogP contribution in [0.25, 0.3) is 11.3 Å². The molecule has 0 radical (unpaired) electrons. The molecule has 1 aromatic carbocycles. The van der Waals surface area contributed by atoms with E-state index in [4.69, 9.17) is 16.9 Å². The van der Waals surface area contributed by atoms with Gasteiger partial charge in [0, 0.05) is 11.1 Å². The van der Waals surface area contributed by atoms with Gasteiger partial charge in [-0.15, -0.1) is 0 Å². The van der Waals surface area contributed by atoms with E-state index in [0.717, 1.165) is 5.56 Å². The van der Waals surface area contributed by atoms with Crippen molar-refractivity contribution in [2.45, 2.75) is 19.6 Å². The predicted octanol–water partition coefficient (Wildman–Crippen LogP) is 2.61. The lowest BCUT2D eigenvalue weighted by Gasteiger charge is -1.98. The van der Waals surface area contributed by atoms with Crippen LogP contribution in [0.15, 0.2) is 30.3 Å². The minimum atomic E-state index is -0.171. The van der Waals surface area contributed by atoms with Crippen molar-refractivity contribution in [2.24, 2.45) is 0 Å². The van der Waals surface area contributed by atoms with E-state index in [2.05, 4.69) is 5.10 Å². The minimum absolute atomic E-state index is 0.171. The molecule has 92 valence electrons. The fourth-order valence-electron chi connectivity index (χ4n) is 1.75. The van der Waals surface area contributed by atoms with E-state index in [9.17, 15) is 5.11 Å². The molecule has 0 atom stereocenters. The Bertz CT molecular complexity index is 572. The Balaban J connectivity index is 2.45. The molecular formula is C13H12ClN3O. The summed E-state index contributed by atoms with van der Waals surface area (Å²) in [6.45, 7) is 0.255. The fourth-order valence-corrected chi connectivity index (χ4v) is 2.02. The smallest absolute Gasteiger partial charge is 0.133 e. The largest absolute Gasteiger partial charge is 0.391 e. The third kappa shape index (κ3) is 2.37. The molecule has 1 aromatic heterocycles. The molecule has 0 unspecified atom stereocenters. The van der Waals surface area contributed by atoms with Crippen molar-refractivity contribution < 1.29 is 5.11 Å². The van der Waals surface area contributed by atoms with Gasteiger partial charge in [-0.1, -0.05) is 41.9 Å². The Morgan fingerprint density at radius 3 is 2.67 bits per heavy atom. The number of halogens is 1. The van der Waals surface area contributed by atoms with Crippen molar-refractivity contribution in [3.8, 4) is 17.3 Å². The molecule has 18 heavy (non-hydrogen) atoms. The van der Waals surface area contributed by atoms with E-state index in [-0.39, 0.29) is 6.61 Å². The maximum absolute atomic E-state index is 9.40. The van der Waals surface area contributed by atoms with Crippen molar-refractivity contribution in [2.75, 3.05) is 0 Å². The Morgan fingerprint density at radius 1 is 1.33 bits per heavy atom. The summed E-state index contributed by atoms with van der Waals surface area (Å²) in [5, 5.41) is 22.7. The second-order valence-electron chi connectivity index (χ2n) is 3.77. The Kier molecular flexibility index (Phi) is 3.98. The van der Waals surface area contributed by atoms with Gasteiger partial charge in [0.2, 0.25) is 0 Å². The third-order valence-electron chi connectivity index (χ3n) is 2.62. The van der Waals surface area contributed by atoms with Crippen LogP contribution in [0.5, 0.6) is 0 Å². The lowest BCUT2D eigenvalue weighted by atomic mass is 10.1. The fraction of sp³-hybridized carbons (Fsp3) is 0.231. The standard InChI is InChI=1S/C13H12ClN3O/c14-13-11(9-18)12(10-5-2-1-3-6-10)16-17(13)8-4-7-15/h1-3,5-6,18H,4,8-9H2. The van der Waals surface area contributed by atoms with Gasteiger partial charge in [-0.25, -0.2) is 0 Å². The Morgan fingerprint density at radius 2 is 2.06 bits per heavy atom. The van der Waals surface area contributed by atoms with E-state index in [1.165, 1.54) is 0 Å². The molecule has 0 aliphatic carbocycles. The van der Waals surface area contributed by atoms with Crippen molar-refractivity contribution in [3.63, 3.8) is 0 Å². The van der Waals surface area contributed by atoms with Crippen LogP contribution in [0, 0.1) is 11.3 Å². The minimum Gasteiger partial charge on any atom is -0.391 e. The van der Waals surface area contributed by atoms with Crippen LogP contribution in [0.3, 0.4) is 0 Å². The van der Waals surface area contributed by atoms with Gasteiger partial charge in [0.15, 0.2) is 0 Å². The molecule has 0 bridgehead atoms. The van der Waals surface area contributed by atoms with E-state index in [1.54, 1.807) is 4.68 Å². The molecule has 2 aromatic rings. The molecule has 0 amide bonds. The highest BCUT2D eigenvalue weighted by atomic mass is 35.5. The van der Waals surface area contributed by atoms with Crippen LogP contribution in [0.1, 0.15) is 12.0 Å². The topological polar surface area (TPSA) is 61.8 Å². The van der Waals surface area contributed by atoms with E-state index in [1.807, 2.05) is 36.4 Å². The van der Waals surface area contributed by atoms with Gasteiger partial charge in [-0.2, -0.15) is 10.4 Å². The third-order valence-corrected chi connectivity index (χ3v) is 3.05. The number of aromatic nitrogens is 2. The molecule has 5 heteroatoms. The van der Waals surface area contributed by atoms with E-state index >= 15 is 0 Å². The van der Waals surface area contributed by atoms with Gasteiger partial charge in [-0.05, 0) is 0 Å². The highest BCUT2D eigenvalue weighted by Gasteiger charge is 2.16. The molecule has 0 aliphatic heterocycles. The number of nitrogens with zero attached hydrogens (tertiary/aromatic N) is 3. The molecule has 0 spiro atoms. The first-order valence-corrected chi connectivity index (χ1v) is 5.94. The molecule has 4 nitrogen and oxygen atoms in total. The van der Waals surface area contributed by atoms with Crippen molar-refractivity contribution in [3.05, 3.63) is 41.0 Å². The second kappa shape index (κ2) is 5.67. The summed E-state index contributed by atoms with van der Waals surface area (Å²) in [6.07, 6.45) is 0.334. The summed E-state index contributed by atoms with van der Waals surface area (Å²) in [5.74, 6) is 0. The number of aryl methyl sites for hydroxylation is 1. The summed E-state index contributed by atoms with van der Waals surface area (Å²) in [7, 11) is 0. The zero-order valence-corrected chi connectivity index (χ0v) is 10.4. The van der Waals surface area contributed by atoms with Crippen molar-refractivity contribution >= 4 is 11.6 Å². The Labute approximate surface area is 110 Å². The summed E-state index contributed by atoms with van der Waals surface area (Å²) < 4.78 is 1.55. The average molecular weight is 262 g/mol. The second-order valence-corrected chi connectivity index (χ2v) is 4.13. The number of hydrogen-bond donors (Lipinski definition) is 1. The zero-order chi connectivity index (χ0) is 13.0. The molecule has 0 saturated heterocycles. The number of nitriles is 1. The molecule has 0 aliphatic rings. The highest BCUT2D eigenvalue weighted by Crippen LogP contribution is 2.28. The highest BCUT2D eigenvalue weighted by molar-refractivity contribution is 6.30. The van der Waals surface area contributed by atoms with Gasteiger partial charge < -0.3 is 5.11 Å². The first kappa shape index (κ1) is 12.6. The van der Waals surface area contributed by atoms with E-state index in [0.29, 0.717) is 29.4 Å². The molecule has 0 saturated carbocycles. The lowest BCUT2D eigenvalue weighted by molar-refractivity contribution is 0.282. The lowest BCUT2D eigenvalue weighted by Crippen LogP contribution is -1.99. The number of hydrogen-bond acceptors (Lipinski definition) is 3. The van der Waals surface area contributed by atoms with Crippen LogP contribution in [0.4, 0.5) is 0 Å². The molecule has 0 fully saturated rings.